The minimum Gasteiger partial charge on any atom is -0.506 e. The Kier molecular flexibility index (Phi) is 4.84. The first-order valence-corrected chi connectivity index (χ1v) is 8.85. The molecule has 1 amide bonds. The number of hydrogen-bond acceptors (Lipinski definition) is 4. The third kappa shape index (κ3) is 3.83. The lowest BCUT2D eigenvalue weighted by molar-refractivity contribution is -0.115. The molecule has 3 nitrogen and oxygen atoms in total. The van der Waals surface area contributed by atoms with Crippen molar-refractivity contribution in [1.82, 2.24) is 5.32 Å². The van der Waals surface area contributed by atoms with Gasteiger partial charge in [0.1, 0.15) is 10.1 Å². The number of hydrogen-bond donors (Lipinski definition) is 2. The van der Waals surface area contributed by atoms with Crippen molar-refractivity contribution in [3.8, 4) is 5.75 Å². The second kappa shape index (κ2) is 6.86. The van der Waals surface area contributed by atoms with Gasteiger partial charge in [-0.3, -0.25) is 4.79 Å². The van der Waals surface area contributed by atoms with Gasteiger partial charge in [-0.25, -0.2) is 0 Å². The van der Waals surface area contributed by atoms with Crippen molar-refractivity contribution in [2.24, 2.45) is 0 Å². The van der Waals surface area contributed by atoms with Crippen LogP contribution < -0.4 is 5.32 Å². The summed E-state index contributed by atoms with van der Waals surface area (Å²) in [5.74, 6) is -0.121. The topological polar surface area (TPSA) is 49.3 Å². The number of carbonyl (C=O) groups is 1. The van der Waals surface area contributed by atoms with Crippen molar-refractivity contribution >= 4 is 56.2 Å². The van der Waals surface area contributed by atoms with Crippen LogP contribution in [0.4, 0.5) is 0 Å². The van der Waals surface area contributed by atoms with Crippen LogP contribution in [0.3, 0.4) is 0 Å². The Morgan fingerprint density at radius 1 is 1.22 bits per heavy atom. The molecule has 116 valence electrons. The average Bonchev–Trinajstić information content (AvgIpc) is 2.83. The summed E-state index contributed by atoms with van der Waals surface area (Å²) in [6, 6.07) is 13.8. The molecule has 2 aromatic rings. The van der Waals surface area contributed by atoms with Crippen molar-refractivity contribution in [1.29, 1.82) is 0 Å². The van der Waals surface area contributed by atoms with E-state index in [1.165, 1.54) is 17.3 Å². The van der Waals surface area contributed by atoms with E-state index in [0.717, 1.165) is 12.0 Å². The first-order chi connectivity index (χ1) is 11.0. The predicted octanol–water partition coefficient (Wildman–Crippen LogP) is 4.23. The zero-order valence-corrected chi connectivity index (χ0v) is 15.1. The lowest BCUT2D eigenvalue weighted by atomic mass is 10.0. The third-order valence-electron chi connectivity index (χ3n) is 3.33. The number of thiocarbonyl (C=S) groups is 1. The second-order valence-corrected chi connectivity index (χ2v) is 7.60. The molecule has 1 heterocycles. The first-order valence-electron chi connectivity index (χ1n) is 6.83. The molecule has 2 aromatic carbocycles. The standard InChI is InChI=1S/C17H12BrNO2S2/c18-13-8-11(6-10-4-2-1-3-5-10)7-12(15(13)20)9-14-16(21)19-17(22)23-14/h1-5,7-9,20H,6H2,(H,19,21,22)/b14-9+. The molecule has 0 bridgehead atoms. The number of phenols is 1. The largest absolute Gasteiger partial charge is 0.506 e. The Balaban J connectivity index is 1.96. The molecule has 0 aliphatic carbocycles. The van der Waals surface area contributed by atoms with Gasteiger partial charge in [0.15, 0.2) is 0 Å². The summed E-state index contributed by atoms with van der Waals surface area (Å²) in [4.78, 5) is 12.3. The van der Waals surface area contributed by atoms with Crippen LogP contribution in [0.5, 0.6) is 5.75 Å². The Bertz CT molecular complexity index is 819. The Hall–Kier alpha value is -1.63. The van der Waals surface area contributed by atoms with E-state index in [0.29, 0.717) is 19.3 Å². The van der Waals surface area contributed by atoms with Gasteiger partial charge in [-0.2, -0.15) is 0 Å². The predicted molar refractivity (Wildman–Crippen MR) is 101 cm³/mol. The summed E-state index contributed by atoms with van der Waals surface area (Å²) >= 11 is 9.55. The number of rotatable bonds is 3. The summed E-state index contributed by atoms with van der Waals surface area (Å²) in [7, 11) is 0. The number of carbonyl (C=O) groups excluding carboxylic acids is 1. The molecule has 6 heteroatoms. The van der Waals surface area contributed by atoms with Crippen LogP contribution in [0.1, 0.15) is 16.7 Å². The smallest absolute Gasteiger partial charge is 0.263 e. The fourth-order valence-corrected chi connectivity index (χ4v) is 3.84. The number of benzene rings is 2. The van der Waals surface area contributed by atoms with Crippen LogP contribution in [0.25, 0.3) is 6.08 Å². The highest BCUT2D eigenvalue weighted by molar-refractivity contribution is 9.10. The fraction of sp³-hybridized carbons (Fsp3) is 0.0588. The maximum absolute atomic E-state index is 11.8. The van der Waals surface area contributed by atoms with E-state index < -0.39 is 0 Å². The van der Waals surface area contributed by atoms with Gasteiger partial charge in [-0.15, -0.1) is 0 Å². The third-order valence-corrected chi connectivity index (χ3v) is 5.10. The second-order valence-electron chi connectivity index (χ2n) is 5.03. The molecule has 0 saturated carbocycles. The molecule has 0 spiro atoms. The highest BCUT2D eigenvalue weighted by Crippen LogP contribution is 2.34. The molecule has 2 N–H and O–H groups in total. The summed E-state index contributed by atoms with van der Waals surface area (Å²) in [5, 5.41) is 12.8. The number of phenolic OH excluding ortho intramolecular Hbond substituents is 1. The van der Waals surface area contributed by atoms with Crippen molar-refractivity contribution in [2.75, 3.05) is 0 Å². The molecule has 23 heavy (non-hydrogen) atoms. The monoisotopic (exact) mass is 405 g/mol. The van der Waals surface area contributed by atoms with E-state index in [9.17, 15) is 9.90 Å². The van der Waals surface area contributed by atoms with E-state index in [-0.39, 0.29) is 11.7 Å². The SMILES string of the molecule is O=C1NC(=S)S/C1=C/c1cc(Cc2ccccc2)cc(Br)c1O. The minimum atomic E-state index is -0.232. The molecule has 0 atom stereocenters. The van der Waals surface area contributed by atoms with Gasteiger partial charge in [0.05, 0.1) is 9.38 Å². The Morgan fingerprint density at radius 2 is 1.96 bits per heavy atom. The van der Waals surface area contributed by atoms with E-state index in [1.807, 2.05) is 30.3 Å². The van der Waals surface area contributed by atoms with Gasteiger partial charge >= 0.3 is 0 Å². The van der Waals surface area contributed by atoms with Gasteiger partial charge in [0, 0.05) is 5.56 Å². The summed E-state index contributed by atoms with van der Waals surface area (Å²) in [6.07, 6.45) is 2.40. The molecular weight excluding hydrogens is 394 g/mol. The van der Waals surface area contributed by atoms with Crippen LogP contribution in [-0.2, 0) is 11.2 Å². The molecule has 1 aliphatic heterocycles. The quantitative estimate of drug-likeness (QED) is 0.592. The lowest BCUT2D eigenvalue weighted by Gasteiger charge is -2.08. The Morgan fingerprint density at radius 3 is 2.61 bits per heavy atom. The van der Waals surface area contributed by atoms with Crippen LogP contribution >= 0.6 is 39.9 Å². The maximum Gasteiger partial charge on any atom is 0.263 e. The normalized spacial score (nSPS) is 16.0. The average molecular weight is 406 g/mol. The van der Waals surface area contributed by atoms with Crippen molar-refractivity contribution in [3.05, 3.63) is 68.5 Å². The van der Waals surface area contributed by atoms with E-state index in [2.05, 4.69) is 33.4 Å². The van der Waals surface area contributed by atoms with Gasteiger partial charge in [-0.05, 0) is 51.7 Å². The number of amides is 1. The van der Waals surface area contributed by atoms with Crippen molar-refractivity contribution in [3.63, 3.8) is 0 Å². The number of thioether (sulfide) groups is 1. The zero-order valence-electron chi connectivity index (χ0n) is 11.9. The first kappa shape index (κ1) is 16.2. The van der Waals surface area contributed by atoms with Crippen molar-refractivity contribution < 1.29 is 9.90 Å². The lowest BCUT2D eigenvalue weighted by Crippen LogP contribution is -2.17. The highest BCUT2D eigenvalue weighted by Gasteiger charge is 2.22. The number of halogens is 1. The summed E-state index contributed by atoms with van der Waals surface area (Å²) < 4.78 is 1.03. The minimum absolute atomic E-state index is 0.112. The highest BCUT2D eigenvalue weighted by atomic mass is 79.9. The Labute approximate surface area is 151 Å². The van der Waals surface area contributed by atoms with Crippen LogP contribution in [0.15, 0.2) is 51.8 Å². The molecule has 1 fully saturated rings. The van der Waals surface area contributed by atoms with E-state index >= 15 is 0 Å². The summed E-state index contributed by atoms with van der Waals surface area (Å²) in [6.45, 7) is 0. The van der Waals surface area contributed by atoms with Gasteiger partial charge in [0.2, 0.25) is 0 Å². The fourth-order valence-electron chi connectivity index (χ4n) is 2.28. The van der Waals surface area contributed by atoms with Crippen LogP contribution in [0, 0.1) is 0 Å². The van der Waals surface area contributed by atoms with Gasteiger partial charge < -0.3 is 10.4 Å². The molecule has 0 aromatic heterocycles. The van der Waals surface area contributed by atoms with E-state index in [4.69, 9.17) is 12.2 Å². The van der Waals surface area contributed by atoms with Crippen molar-refractivity contribution in [2.45, 2.75) is 6.42 Å². The molecule has 0 radical (unpaired) electrons. The molecule has 0 unspecified atom stereocenters. The van der Waals surface area contributed by atoms with Gasteiger partial charge in [-0.1, -0.05) is 54.3 Å². The molecule has 3 rings (SSSR count). The zero-order chi connectivity index (χ0) is 16.4. The number of aromatic hydroxyl groups is 1. The molecule has 1 aliphatic rings. The molecule has 1 saturated heterocycles. The van der Waals surface area contributed by atoms with Gasteiger partial charge in [0.25, 0.3) is 5.91 Å². The summed E-state index contributed by atoms with van der Waals surface area (Å²) in [5.41, 5.74) is 2.81. The van der Waals surface area contributed by atoms with Crippen LogP contribution in [-0.4, -0.2) is 15.3 Å². The maximum atomic E-state index is 11.8. The number of nitrogens with one attached hydrogen (secondary N) is 1. The van der Waals surface area contributed by atoms with Crippen LogP contribution in [0.2, 0.25) is 0 Å². The van der Waals surface area contributed by atoms with E-state index in [1.54, 1.807) is 6.08 Å². The molecular formula is C17H12BrNO2S2.